The molecule has 14 heavy (non-hydrogen) atoms. The largest absolute Gasteiger partial charge is 0.508 e. The van der Waals surface area contributed by atoms with Crippen LogP contribution in [0.1, 0.15) is 25.3 Å². The zero-order valence-corrected chi connectivity index (χ0v) is 9.10. The van der Waals surface area contributed by atoms with Crippen molar-refractivity contribution in [2.45, 2.75) is 25.3 Å². The normalized spacial score (nSPS) is 25.8. The predicted molar refractivity (Wildman–Crippen MR) is 59.9 cm³/mol. The summed E-state index contributed by atoms with van der Waals surface area (Å²) in [6, 6.07) is 7.52. The minimum absolute atomic E-state index is 0. The van der Waals surface area contributed by atoms with Gasteiger partial charge in [-0.3, -0.25) is 0 Å². The highest BCUT2D eigenvalue weighted by Crippen LogP contribution is 2.31. The Labute approximate surface area is 90.7 Å². The molecule has 1 fully saturated rings. The highest BCUT2D eigenvalue weighted by Gasteiger charge is 2.29. The molecular weight excluding hydrogens is 198 g/mol. The molecule has 3 heteroatoms. The number of nitrogens with one attached hydrogen (secondary N) is 1. The molecule has 2 rings (SSSR count). The van der Waals surface area contributed by atoms with Gasteiger partial charge in [-0.25, -0.2) is 0 Å². The topological polar surface area (TPSA) is 32.3 Å². The van der Waals surface area contributed by atoms with Gasteiger partial charge in [-0.1, -0.05) is 12.1 Å². The number of halogens is 1. The van der Waals surface area contributed by atoms with Gasteiger partial charge in [0.15, 0.2) is 0 Å². The lowest BCUT2D eigenvalue weighted by atomic mass is 9.90. The van der Waals surface area contributed by atoms with Crippen molar-refractivity contribution in [2.75, 3.05) is 6.54 Å². The van der Waals surface area contributed by atoms with Crippen molar-refractivity contribution in [2.24, 2.45) is 0 Å². The van der Waals surface area contributed by atoms with Crippen molar-refractivity contribution >= 4 is 12.4 Å². The Morgan fingerprint density at radius 2 is 2.21 bits per heavy atom. The van der Waals surface area contributed by atoms with Crippen LogP contribution in [0.3, 0.4) is 0 Å². The monoisotopic (exact) mass is 213 g/mol. The van der Waals surface area contributed by atoms with Crippen LogP contribution in [0.5, 0.6) is 5.75 Å². The van der Waals surface area contributed by atoms with Gasteiger partial charge in [0.2, 0.25) is 0 Å². The van der Waals surface area contributed by atoms with Crippen LogP contribution in [0.25, 0.3) is 0 Å². The number of benzene rings is 1. The van der Waals surface area contributed by atoms with Crippen molar-refractivity contribution in [3.8, 4) is 5.75 Å². The molecule has 1 aromatic rings. The van der Waals surface area contributed by atoms with Crippen LogP contribution in [0.2, 0.25) is 0 Å². The van der Waals surface area contributed by atoms with E-state index in [-0.39, 0.29) is 17.9 Å². The van der Waals surface area contributed by atoms with Crippen molar-refractivity contribution in [3.05, 3.63) is 29.8 Å². The molecule has 0 spiro atoms. The summed E-state index contributed by atoms with van der Waals surface area (Å²) in [5, 5.41) is 12.8. The molecule has 78 valence electrons. The molecule has 1 unspecified atom stereocenters. The first-order valence-electron chi connectivity index (χ1n) is 4.75. The Morgan fingerprint density at radius 3 is 2.79 bits per heavy atom. The van der Waals surface area contributed by atoms with E-state index in [0.29, 0.717) is 5.75 Å². The smallest absolute Gasteiger partial charge is 0.115 e. The lowest BCUT2D eigenvalue weighted by molar-refractivity contribution is 0.426. The minimum Gasteiger partial charge on any atom is -0.508 e. The molecule has 0 aliphatic carbocycles. The third-order valence-electron chi connectivity index (χ3n) is 2.85. The lowest BCUT2D eigenvalue weighted by Gasteiger charge is -2.24. The average molecular weight is 214 g/mol. The summed E-state index contributed by atoms with van der Waals surface area (Å²) < 4.78 is 0. The number of hydrogen-bond donors (Lipinski definition) is 2. The number of phenolic OH excluding ortho intramolecular Hbond substituents is 1. The first-order chi connectivity index (χ1) is 6.21. The molecule has 1 atom stereocenters. The quantitative estimate of drug-likeness (QED) is 0.751. The second kappa shape index (κ2) is 4.20. The maximum Gasteiger partial charge on any atom is 0.115 e. The second-order valence-electron chi connectivity index (χ2n) is 3.91. The van der Waals surface area contributed by atoms with Gasteiger partial charge in [0.25, 0.3) is 0 Å². The van der Waals surface area contributed by atoms with Gasteiger partial charge in [0, 0.05) is 5.54 Å². The molecular formula is C11H16ClNO. The van der Waals surface area contributed by atoms with Crippen molar-refractivity contribution in [1.82, 2.24) is 5.32 Å². The third-order valence-corrected chi connectivity index (χ3v) is 2.85. The number of rotatable bonds is 1. The van der Waals surface area contributed by atoms with Crippen molar-refractivity contribution in [3.63, 3.8) is 0 Å². The summed E-state index contributed by atoms with van der Waals surface area (Å²) in [5.41, 5.74) is 1.25. The molecule has 2 nitrogen and oxygen atoms in total. The summed E-state index contributed by atoms with van der Waals surface area (Å²) in [6.45, 7) is 3.26. The first kappa shape index (κ1) is 11.3. The molecule has 1 saturated heterocycles. The fourth-order valence-electron chi connectivity index (χ4n) is 1.99. The molecule has 1 aromatic carbocycles. The van der Waals surface area contributed by atoms with Crippen molar-refractivity contribution < 1.29 is 5.11 Å². The van der Waals surface area contributed by atoms with Crippen LogP contribution in [0.15, 0.2) is 24.3 Å². The zero-order chi connectivity index (χ0) is 9.31. The molecule has 0 radical (unpaired) electrons. The summed E-state index contributed by atoms with van der Waals surface area (Å²) in [4.78, 5) is 0. The molecule has 0 saturated carbocycles. The molecule has 0 amide bonds. The first-order valence-corrected chi connectivity index (χ1v) is 4.75. The van der Waals surface area contributed by atoms with Crippen LogP contribution in [-0.4, -0.2) is 11.7 Å². The lowest BCUT2D eigenvalue weighted by Crippen LogP contribution is -2.32. The van der Waals surface area contributed by atoms with Crippen LogP contribution in [0.4, 0.5) is 0 Å². The summed E-state index contributed by atoms with van der Waals surface area (Å²) in [6.07, 6.45) is 2.36. The van der Waals surface area contributed by atoms with E-state index in [0.717, 1.165) is 13.0 Å². The molecule has 0 aromatic heterocycles. The summed E-state index contributed by atoms with van der Waals surface area (Å²) >= 11 is 0. The van der Waals surface area contributed by atoms with E-state index in [1.165, 1.54) is 12.0 Å². The molecule has 1 aliphatic heterocycles. The second-order valence-corrected chi connectivity index (χ2v) is 3.91. The fourth-order valence-corrected chi connectivity index (χ4v) is 1.99. The van der Waals surface area contributed by atoms with E-state index in [2.05, 4.69) is 18.3 Å². The molecule has 1 aliphatic rings. The van der Waals surface area contributed by atoms with Crippen LogP contribution < -0.4 is 5.32 Å². The number of phenols is 1. The van der Waals surface area contributed by atoms with Gasteiger partial charge in [-0.15, -0.1) is 12.4 Å². The standard InChI is InChI=1S/C11H15NO.ClH/c1-11(6-3-7-12-11)9-4-2-5-10(13)8-9;/h2,4-5,8,12-13H,3,6-7H2,1H3;1H. The van der Waals surface area contributed by atoms with Gasteiger partial charge < -0.3 is 10.4 Å². The SMILES string of the molecule is CC1(c2cccc(O)c2)CCCN1.Cl. The van der Waals surface area contributed by atoms with Crippen LogP contribution in [-0.2, 0) is 5.54 Å². The Hall–Kier alpha value is -0.730. The predicted octanol–water partition coefficient (Wildman–Crippen LogP) is 2.41. The summed E-state index contributed by atoms with van der Waals surface area (Å²) in [7, 11) is 0. The zero-order valence-electron chi connectivity index (χ0n) is 8.29. The van der Waals surface area contributed by atoms with Crippen LogP contribution >= 0.6 is 12.4 Å². The van der Waals surface area contributed by atoms with Crippen molar-refractivity contribution in [1.29, 1.82) is 0 Å². The Bertz CT molecular complexity index is 308. The van der Waals surface area contributed by atoms with Gasteiger partial charge in [0.05, 0.1) is 0 Å². The summed E-state index contributed by atoms with van der Waals surface area (Å²) in [5.74, 6) is 0.354. The van der Waals surface area contributed by atoms with E-state index in [1.54, 1.807) is 6.07 Å². The van der Waals surface area contributed by atoms with E-state index in [9.17, 15) is 5.11 Å². The maximum atomic E-state index is 9.36. The highest BCUT2D eigenvalue weighted by atomic mass is 35.5. The maximum absolute atomic E-state index is 9.36. The third kappa shape index (κ3) is 2.02. The van der Waals surface area contributed by atoms with E-state index >= 15 is 0 Å². The minimum atomic E-state index is 0. The Morgan fingerprint density at radius 1 is 1.43 bits per heavy atom. The number of hydrogen-bond acceptors (Lipinski definition) is 2. The Kier molecular flexibility index (Phi) is 3.40. The van der Waals surface area contributed by atoms with Gasteiger partial charge in [-0.2, -0.15) is 0 Å². The average Bonchev–Trinajstić information content (AvgIpc) is 2.54. The van der Waals surface area contributed by atoms with E-state index < -0.39 is 0 Å². The van der Waals surface area contributed by atoms with E-state index in [4.69, 9.17) is 0 Å². The number of aromatic hydroxyl groups is 1. The molecule has 0 bridgehead atoms. The van der Waals surface area contributed by atoms with Gasteiger partial charge >= 0.3 is 0 Å². The van der Waals surface area contributed by atoms with E-state index in [1.807, 2.05) is 12.1 Å². The highest BCUT2D eigenvalue weighted by molar-refractivity contribution is 5.85. The van der Waals surface area contributed by atoms with Gasteiger partial charge in [-0.05, 0) is 44.0 Å². The Balaban J connectivity index is 0.000000980. The molecule has 1 heterocycles. The molecule has 2 N–H and O–H groups in total. The van der Waals surface area contributed by atoms with Gasteiger partial charge in [0.1, 0.15) is 5.75 Å². The fraction of sp³-hybridized carbons (Fsp3) is 0.455. The van der Waals surface area contributed by atoms with Crippen LogP contribution in [0, 0.1) is 0 Å².